The monoisotopic (exact) mass is 290 g/mol. The van der Waals surface area contributed by atoms with E-state index in [9.17, 15) is 18.0 Å². The van der Waals surface area contributed by atoms with Crippen molar-refractivity contribution in [2.45, 2.75) is 38.5 Å². The van der Waals surface area contributed by atoms with Gasteiger partial charge in [0.15, 0.2) is 0 Å². The molecule has 3 nitrogen and oxygen atoms in total. The minimum Gasteiger partial charge on any atom is -0.468 e. The first-order valence-electron chi connectivity index (χ1n) is 6.41. The average Bonchev–Trinajstić information content (AvgIpc) is 2.38. The van der Waals surface area contributed by atoms with E-state index in [1.54, 1.807) is 12.1 Å². The van der Waals surface area contributed by atoms with Gasteiger partial charge < -0.3 is 9.47 Å². The minimum atomic E-state index is -4.65. The molecular weight excluding hydrogens is 273 g/mol. The molecule has 0 atom stereocenters. The molecule has 112 valence electrons. The molecule has 0 aliphatic heterocycles. The molecule has 0 heterocycles. The van der Waals surface area contributed by atoms with Crippen LogP contribution in [0.3, 0.4) is 0 Å². The van der Waals surface area contributed by atoms with Crippen molar-refractivity contribution >= 4 is 6.47 Å². The van der Waals surface area contributed by atoms with Crippen LogP contribution in [0.5, 0.6) is 5.75 Å². The van der Waals surface area contributed by atoms with E-state index in [2.05, 4.69) is 9.47 Å². The van der Waals surface area contributed by atoms with E-state index in [-0.39, 0.29) is 5.75 Å². The highest BCUT2D eigenvalue weighted by Crippen LogP contribution is 2.23. The molecule has 0 N–H and O–H groups in total. The summed E-state index contributed by atoms with van der Waals surface area (Å²) in [4.78, 5) is 9.89. The van der Waals surface area contributed by atoms with Gasteiger partial charge in [0.05, 0.1) is 6.61 Å². The van der Waals surface area contributed by atoms with Crippen LogP contribution in [0.2, 0.25) is 0 Å². The first-order chi connectivity index (χ1) is 9.51. The van der Waals surface area contributed by atoms with Gasteiger partial charge in [-0.2, -0.15) is 0 Å². The van der Waals surface area contributed by atoms with Crippen molar-refractivity contribution in [2.75, 3.05) is 6.61 Å². The van der Waals surface area contributed by atoms with Crippen LogP contribution in [-0.4, -0.2) is 19.4 Å². The Kier molecular flexibility index (Phi) is 6.90. The fourth-order valence-corrected chi connectivity index (χ4v) is 1.77. The second-order valence-electron chi connectivity index (χ2n) is 4.32. The topological polar surface area (TPSA) is 35.5 Å². The van der Waals surface area contributed by atoms with Crippen molar-refractivity contribution in [2.24, 2.45) is 0 Å². The third kappa shape index (κ3) is 7.66. The maximum Gasteiger partial charge on any atom is 0.573 e. The number of unbranched alkanes of at least 4 members (excludes halogenated alkanes) is 3. The Bertz CT molecular complexity index is 388. The Morgan fingerprint density at radius 2 is 1.65 bits per heavy atom. The van der Waals surface area contributed by atoms with Crippen LogP contribution in [0, 0.1) is 0 Å². The van der Waals surface area contributed by atoms with Gasteiger partial charge in [0.25, 0.3) is 6.47 Å². The van der Waals surface area contributed by atoms with Crippen molar-refractivity contribution in [3.63, 3.8) is 0 Å². The zero-order chi connectivity index (χ0) is 14.8. The van der Waals surface area contributed by atoms with Crippen molar-refractivity contribution < 1.29 is 27.4 Å². The molecular formula is C14H17F3O3. The Morgan fingerprint density at radius 3 is 2.25 bits per heavy atom. The zero-order valence-electron chi connectivity index (χ0n) is 11.0. The molecule has 0 radical (unpaired) electrons. The molecule has 0 saturated carbocycles. The highest BCUT2D eigenvalue weighted by Gasteiger charge is 2.30. The molecule has 0 aliphatic rings. The van der Waals surface area contributed by atoms with E-state index < -0.39 is 6.36 Å². The van der Waals surface area contributed by atoms with Gasteiger partial charge in [-0.3, -0.25) is 4.79 Å². The van der Waals surface area contributed by atoms with E-state index in [0.29, 0.717) is 13.1 Å². The lowest BCUT2D eigenvalue weighted by Crippen LogP contribution is -2.17. The average molecular weight is 290 g/mol. The third-order valence-electron chi connectivity index (χ3n) is 2.70. The number of rotatable bonds is 9. The summed E-state index contributed by atoms with van der Waals surface area (Å²) in [6.07, 6.45) is -0.115. The number of carbonyl (C=O) groups is 1. The Labute approximate surface area is 115 Å². The van der Waals surface area contributed by atoms with E-state index in [4.69, 9.17) is 0 Å². The fourth-order valence-electron chi connectivity index (χ4n) is 1.77. The van der Waals surface area contributed by atoms with Gasteiger partial charge in [-0.05, 0) is 37.0 Å². The number of ether oxygens (including phenoxy) is 2. The molecule has 1 aromatic rings. The summed E-state index contributed by atoms with van der Waals surface area (Å²) in [6.45, 7) is 0.873. The number of hydrogen-bond donors (Lipinski definition) is 0. The zero-order valence-corrected chi connectivity index (χ0v) is 11.0. The van der Waals surface area contributed by atoms with Gasteiger partial charge in [0.1, 0.15) is 5.75 Å². The number of hydrogen-bond acceptors (Lipinski definition) is 3. The van der Waals surface area contributed by atoms with E-state index in [1.165, 1.54) is 12.1 Å². The van der Waals surface area contributed by atoms with Crippen molar-refractivity contribution in [3.8, 4) is 5.75 Å². The summed E-state index contributed by atoms with van der Waals surface area (Å²) in [5, 5.41) is 0. The summed E-state index contributed by atoms with van der Waals surface area (Å²) in [6, 6.07) is 5.91. The fraction of sp³-hybridized carbons (Fsp3) is 0.500. The van der Waals surface area contributed by atoms with E-state index in [1.807, 2.05) is 0 Å². The lowest BCUT2D eigenvalue weighted by atomic mass is 10.1. The van der Waals surface area contributed by atoms with Crippen LogP contribution in [0.1, 0.15) is 31.2 Å². The molecule has 1 rings (SSSR count). The van der Waals surface area contributed by atoms with Crippen LogP contribution in [0.4, 0.5) is 13.2 Å². The standard InChI is InChI=1S/C14H17F3O3/c15-14(16,17)20-13-8-6-12(7-9-13)5-3-1-2-4-10-19-11-18/h6-9,11H,1-5,10H2. The number of benzene rings is 1. The summed E-state index contributed by atoms with van der Waals surface area (Å²) in [5.41, 5.74) is 0.976. The molecule has 0 bridgehead atoms. The Morgan fingerprint density at radius 1 is 1.00 bits per heavy atom. The SMILES string of the molecule is O=COCCCCCCc1ccc(OC(F)(F)F)cc1. The number of carbonyl (C=O) groups excluding carboxylic acids is 1. The molecule has 0 fully saturated rings. The van der Waals surface area contributed by atoms with Crippen LogP contribution >= 0.6 is 0 Å². The number of alkyl halides is 3. The van der Waals surface area contributed by atoms with Crippen LogP contribution in [-0.2, 0) is 16.0 Å². The first-order valence-corrected chi connectivity index (χ1v) is 6.41. The first kappa shape index (κ1) is 16.3. The van der Waals surface area contributed by atoms with Crippen molar-refractivity contribution in [1.82, 2.24) is 0 Å². The maximum atomic E-state index is 12.0. The predicted molar refractivity (Wildman–Crippen MR) is 67.3 cm³/mol. The minimum absolute atomic E-state index is 0.202. The van der Waals surface area contributed by atoms with Gasteiger partial charge in [-0.15, -0.1) is 13.2 Å². The van der Waals surface area contributed by atoms with Gasteiger partial charge >= 0.3 is 6.36 Å². The molecule has 0 aliphatic carbocycles. The Balaban J connectivity index is 2.20. The van der Waals surface area contributed by atoms with Gasteiger partial charge in [0, 0.05) is 0 Å². The van der Waals surface area contributed by atoms with Crippen molar-refractivity contribution in [3.05, 3.63) is 29.8 Å². The predicted octanol–water partition coefficient (Wildman–Crippen LogP) is 3.86. The summed E-state index contributed by atoms with van der Waals surface area (Å²) >= 11 is 0. The van der Waals surface area contributed by atoms with Crippen LogP contribution in [0.25, 0.3) is 0 Å². The largest absolute Gasteiger partial charge is 0.573 e. The molecule has 20 heavy (non-hydrogen) atoms. The summed E-state index contributed by atoms with van der Waals surface area (Å²) < 4.78 is 44.3. The number of halogens is 3. The lowest BCUT2D eigenvalue weighted by molar-refractivity contribution is -0.274. The molecule has 1 aromatic carbocycles. The third-order valence-corrected chi connectivity index (χ3v) is 2.70. The van der Waals surface area contributed by atoms with Crippen LogP contribution < -0.4 is 4.74 Å². The molecule has 0 aromatic heterocycles. The van der Waals surface area contributed by atoms with E-state index in [0.717, 1.165) is 37.7 Å². The van der Waals surface area contributed by atoms with Crippen molar-refractivity contribution in [1.29, 1.82) is 0 Å². The van der Waals surface area contributed by atoms with E-state index >= 15 is 0 Å². The second kappa shape index (κ2) is 8.45. The molecule has 0 spiro atoms. The summed E-state index contributed by atoms with van der Waals surface area (Å²) in [7, 11) is 0. The highest BCUT2D eigenvalue weighted by atomic mass is 19.4. The molecule has 0 unspecified atom stereocenters. The Hall–Kier alpha value is -1.72. The second-order valence-corrected chi connectivity index (χ2v) is 4.32. The summed E-state index contributed by atoms with van der Waals surface area (Å²) in [5.74, 6) is -0.202. The van der Waals surface area contributed by atoms with Gasteiger partial charge in [-0.25, -0.2) is 0 Å². The highest BCUT2D eigenvalue weighted by molar-refractivity contribution is 5.36. The van der Waals surface area contributed by atoms with Gasteiger partial charge in [-0.1, -0.05) is 25.0 Å². The molecule has 6 heteroatoms. The lowest BCUT2D eigenvalue weighted by Gasteiger charge is -2.09. The van der Waals surface area contributed by atoms with Gasteiger partial charge in [0.2, 0.25) is 0 Å². The van der Waals surface area contributed by atoms with Crippen LogP contribution in [0.15, 0.2) is 24.3 Å². The maximum absolute atomic E-state index is 12.0. The molecule has 0 saturated heterocycles. The molecule has 0 amide bonds. The normalized spacial score (nSPS) is 11.2. The smallest absolute Gasteiger partial charge is 0.468 e. The number of aryl methyl sites for hydroxylation is 1. The quantitative estimate of drug-likeness (QED) is 0.511.